The summed E-state index contributed by atoms with van der Waals surface area (Å²) >= 11 is 0. The molecular formula is C23H22N2O4. The van der Waals surface area contributed by atoms with E-state index < -0.39 is 18.5 Å². The molecule has 3 aromatic rings. The molecule has 0 fully saturated rings. The number of fused-ring (bicyclic) bond motifs is 1. The largest absolute Gasteiger partial charge is 0.454 e. The SMILES string of the molecule is Cc1ccc(NC(=O)COC(=O)CNC(=O)c2ccc3ccccc3c2)c(C)c1. The summed E-state index contributed by atoms with van der Waals surface area (Å²) in [6.07, 6.45) is 0. The normalized spacial score (nSPS) is 10.4. The Bertz CT molecular complexity index is 1080. The molecule has 0 atom stereocenters. The number of hydrogen-bond donors (Lipinski definition) is 2. The van der Waals surface area contributed by atoms with Gasteiger partial charge in [-0.2, -0.15) is 0 Å². The van der Waals surface area contributed by atoms with E-state index in [0.717, 1.165) is 21.9 Å². The standard InChI is InChI=1S/C23H22N2O4/c1-15-7-10-20(16(2)11-15)25-21(26)14-29-22(27)13-24-23(28)19-9-8-17-5-3-4-6-18(17)12-19/h3-12H,13-14H2,1-2H3,(H,24,28)(H,25,26). The molecule has 0 saturated heterocycles. The lowest BCUT2D eigenvalue weighted by Crippen LogP contribution is -2.32. The van der Waals surface area contributed by atoms with Crippen LogP contribution in [0.15, 0.2) is 60.7 Å². The van der Waals surface area contributed by atoms with Crippen molar-refractivity contribution in [2.45, 2.75) is 13.8 Å². The maximum absolute atomic E-state index is 12.2. The van der Waals surface area contributed by atoms with Gasteiger partial charge in [-0.25, -0.2) is 0 Å². The third-order valence-corrected chi connectivity index (χ3v) is 4.43. The Kier molecular flexibility index (Phi) is 6.24. The highest BCUT2D eigenvalue weighted by Gasteiger charge is 2.12. The molecule has 6 heteroatoms. The minimum absolute atomic E-state index is 0.317. The number of rotatable bonds is 6. The van der Waals surface area contributed by atoms with Gasteiger partial charge in [-0.05, 0) is 48.4 Å². The number of hydrogen-bond acceptors (Lipinski definition) is 4. The van der Waals surface area contributed by atoms with Gasteiger partial charge in [-0.15, -0.1) is 0 Å². The van der Waals surface area contributed by atoms with Crippen molar-refractivity contribution in [3.05, 3.63) is 77.4 Å². The first-order chi connectivity index (χ1) is 13.9. The van der Waals surface area contributed by atoms with Crippen molar-refractivity contribution in [3.8, 4) is 0 Å². The van der Waals surface area contributed by atoms with Crippen LogP contribution in [0.25, 0.3) is 10.8 Å². The molecule has 0 heterocycles. The fourth-order valence-corrected chi connectivity index (χ4v) is 2.92. The van der Waals surface area contributed by atoms with Crippen LogP contribution < -0.4 is 10.6 Å². The highest BCUT2D eigenvalue weighted by Crippen LogP contribution is 2.16. The van der Waals surface area contributed by atoms with Crippen molar-refractivity contribution >= 4 is 34.2 Å². The number of aryl methyl sites for hydroxylation is 2. The number of anilines is 1. The number of carbonyl (C=O) groups excluding carboxylic acids is 3. The van der Waals surface area contributed by atoms with Crippen LogP contribution in [-0.4, -0.2) is 30.9 Å². The second kappa shape index (κ2) is 9.01. The maximum atomic E-state index is 12.2. The van der Waals surface area contributed by atoms with Crippen molar-refractivity contribution in [1.29, 1.82) is 0 Å². The molecule has 148 valence electrons. The van der Waals surface area contributed by atoms with E-state index in [1.54, 1.807) is 18.2 Å². The number of amides is 2. The second-order valence-electron chi connectivity index (χ2n) is 6.77. The van der Waals surface area contributed by atoms with Gasteiger partial charge in [0, 0.05) is 11.3 Å². The molecule has 29 heavy (non-hydrogen) atoms. The Morgan fingerprint density at radius 1 is 0.897 bits per heavy atom. The van der Waals surface area contributed by atoms with E-state index in [1.807, 2.05) is 56.3 Å². The van der Waals surface area contributed by atoms with Crippen molar-refractivity contribution in [2.75, 3.05) is 18.5 Å². The van der Waals surface area contributed by atoms with Crippen LogP contribution >= 0.6 is 0 Å². The van der Waals surface area contributed by atoms with Crippen LogP contribution in [0.1, 0.15) is 21.5 Å². The number of ether oxygens (including phenoxy) is 1. The third kappa shape index (κ3) is 5.42. The number of esters is 1. The van der Waals surface area contributed by atoms with E-state index in [1.165, 1.54) is 0 Å². The second-order valence-corrected chi connectivity index (χ2v) is 6.77. The van der Waals surface area contributed by atoms with Gasteiger partial charge in [0.25, 0.3) is 11.8 Å². The summed E-state index contributed by atoms with van der Waals surface area (Å²) in [7, 11) is 0. The number of benzene rings is 3. The lowest BCUT2D eigenvalue weighted by atomic mass is 10.1. The van der Waals surface area contributed by atoms with Crippen LogP contribution in [-0.2, 0) is 14.3 Å². The first-order valence-electron chi connectivity index (χ1n) is 9.22. The van der Waals surface area contributed by atoms with Gasteiger partial charge in [0.1, 0.15) is 6.54 Å². The summed E-state index contributed by atoms with van der Waals surface area (Å²) in [5.41, 5.74) is 3.13. The summed E-state index contributed by atoms with van der Waals surface area (Å²) in [6.45, 7) is 3.12. The van der Waals surface area contributed by atoms with E-state index in [0.29, 0.717) is 11.3 Å². The molecule has 6 nitrogen and oxygen atoms in total. The monoisotopic (exact) mass is 390 g/mol. The predicted octanol–water partition coefficient (Wildman–Crippen LogP) is 3.37. The lowest BCUT2D eigenvalue weighted by molar-refractivity contribution is -0.146. The van der Waals surface area contributed by atoms with E-state index in [2.05, 4.69) is 10.6 Å². The van der Waals surface area contributed by atoms with Crippen molar-refractivity contribution in [3.63, 3.8) is 0 Å². The molecule has 3 aromatic carbocycles. The summed E-state index contributed by atoms with van der Waals surface area (Å²) in [5, 5.41) is 7.17. The van der Waals surface area contributed by atoms with Gasteiger partial charge in [0.2, 0.25) is 0 Å². The van der Waals surface area contributed by atoms with Crippen LogP contribution in [0.2, 0.25) is 0 Å². The number of nitrogens with one attached hydrogen (secondary N) is 2. The fraction of sp³-hybridized carbons (Fsp3) is 0.174. The molecule has 2 N–H and O–H groups in total. The van der Waals surface area contributed by atoms with Gasteiger partial charge in [0.05, 0.1) is 0 Å². The minimum atomic E-state index is -0.685. The fourth-order valence-electron chi connectivity index (χ4n) is 2.92. The average molecular weight is 390 g/mol. The molecule has 0 radical (unpaired) electrons. The highest BCUT2D eigenvalue weighted by molar-refractivity contribution is 6.00. The molecule has 0 bridgehead atoms. The zero-order chi connectivity index (χ0) is 20.8. The minimum Gasteiger partial charge on any atom is -0.454 e. The Hall–Kier alpha value is -3.67. The molecule has 0 aliphatic carbocycles. The van der Waals surface area contributed by atoms with Crippen molar-refractivity contribution < 1.29 is 19.1 Å². The van der Waals surface area contributed by atoms with Gasteiger partial charge in [0.15, 0.2) is 6.61 Å². The first-order valence-corrected chi connectivity index (χ1v) is 9.22. The van der Waals surface area contributed by atoms with Crippen molar-refractivity contribution in [1.82, 2.24) is 5.32 Å². The quantitative estimate of drug-likeness (QED) is 0.632. The lowest BCUT2D eigenvalue weighted by Gasteiger charge is -2.10. The van der Waals surface area contributed by atoms with Crippen LogP contribution in [0.5, 0.6) is 0 Å². The van der Waals surface area contributed by atoms with Crippen LogP contribution in [0.4, 0.5) is 5.69 Å². The zero-order valence-electron chi connectivity index (χ0n) is 16.3. The molecule has 0 aromatic heterocycles. The molecule has 0 aliphatic rings. The van der Waals surface area contributed by atoms with Crippen LogP contribution in [0.3, 0.4) is 0 Å². The third-order valence-electron chi connectivity index (χ3n) is 4.43. The Balaban J connectivity index is 1.46. The van der Waals surface area contributed by atoms with Gasteiger partial charge in [-0.3, -0.25) is 14.4 Å². The zero-order valence-corrected chi connectivity index (χ0v) is 16.3. The molecule has 2 amide bonds. The molecule has 0 saturated carbocycles. The van der Waals surface area contributed by atoms with Crippen LogP contribution in [0, 0.1) is 13.8 Å². The van der Waals surface area contributed by atoms with Gasteiger partial charge < -0.3 is 15.4 Å². The summed E-state index contributed by atoms with van der Waals surface area (Å²) in [5.74, 6) is -1.51. The highest BCUT2D eigenvalue weighted by atomic mass is 16.5. The van der Waals surface area contributed by atoms with Gasteiger partial charge >= 0.3 is 5.97 Å². The molecular weight excluding hydrogens is 368 g/mol. The maximum Gasteiger partial charge on any atom is 0.325 e. The Morgan fingerprint density at radius 2 is 1.66 bits per heavy atom. The Labute approximate surface area is 168 Å². The predicted molar refractivity (Wildman–Crippen MR) is 112 cm³/mol. The topological polar surface area (TPSA) is 84.5 Å². The van der Waals surface area contributed by atoms with E-state index in [9.17, 15) is 14.4 Å². The molecule has 0 spiro atoms. The smallest absolute Gasteiger partial charge is 0.325 e. The average Bonchev–Trinajstić information content (AvgIpc) is 2.72. The summed E-state index contributed by atoms with van der Waals surface area (Å²) in [6, 6.07) is 18.6. The van der Waals surface area contributed by atoms with Gasteiger partial charge in [-0.1, -0.05) is 48.0 Å². The van der Waals surface area contributed by atoms with Crippen molar-refractivity contribution in [2.24, 2.45) is 0 Å². The molecule has 0 unspecified atom stereocenters. The molecule has 0 aliphatic heterocycles. The number of carbonyl (C=O) groups is 3. The molecule has 3 rings (SSSR count). The first kappa shape index (κ1) is 20.1. The van der Waals surface area contributed by atoms with E-state index in [-0.39, 0.29) is 12.5 Å². The summed E-state index contributed by atoms with van der Waals surface area (Å²) < 4.78 is 4.93. The van der Waals surface area contributed by atoms with E-state index in [4.69, 9.17) is 4.74 Å². The summed E-state index contributed by atoms with van der Waals surface area (Å²) in [4.78, 5) is 36.0. The Morgan fingerprint density at radius 3 is 2.41 bits per heavy atom. The van der Waals surface area contributed by atoms with E-state index >= 15 is 0 Å².